The van der Waals surface area contributed by atoms with E-state index in [9.17, 15) is 4.79 Å². The second-order valence-corrected chi connectivity index (χ2v) is 4.85. The molecule has 1 rings (SSSR count). The summed E-state index contributed by atoms with van der Waals surface area (Å²) in [5.74, 6) is -0.290. The van der Waals surface area contributed by atoms with Crippen LogP contribution in [0.2, 0.25) is 0 Å². The van der Waals surface area contributed by atoms with Crippen LogP contribution in [0.1, 0.15) is 19.8 Å². The zero-order valence-electron chi connectivity index (χ0n) is 11.2. The van der Waals surface area contributed by atoms with Crippen LogP contribution in [-0.4, -0.2) is 68.2 Å². The summed E-state index contributed by atoms with van der Waals surface area (Å²) < 4.78 is 4.91. The molecule has 1 unspecified atom stereocenters. The Kier molecular flexibility index (Phi) is 5.88. The van der Waals surface area contributed by atoms with Gasteiger partial charge in [-0.25, -0.2) is 0 Å². The third-order valence-electron chi connectivity index (χ3n) is 3.33. The number of carbonyl (C=O) groups is 1. The van der Waals surface area contributed by atoms with Gasteiger partial charge in [0.2, 0.25) is 0 Å². The Morgan fingerprint density at radius 2 is 2.06 bits per heavy atom. The van der Waals surface area contributed by atoms with Crippen LogP contribution in [0.25, 0.3) is 0 Å². The highest BCUT2D eigenvalue weighted by atomic mass is 16.5. The Bertz CT molecular complexity index is 238. The normalized spacial score (nSPS) is 20.5. The van der Waals surface area contributed by atoms with Gasteiger partial charge >= 0.3 is 5.97 Å². The van der Waals surface area contributed by atoms with Crippen molar-refractivity contribution < 1.29 is 9.53 Å². The molecule has 1 aliphatic rings. The third-order valence-corrected chi connectivity index (χ3v) is 3.33. The highest BCUT2D eigenvalue weighted by Crippen LogP contribution is 2.14. The van der Waals surface area contributed by atoms with E-state index in [-0.39, 0.29) is 5.97 Å². The largest absolute Gasteiger partial charge is 0.465 e. The Labute approximate surface area is 104 Å². The first-order valence-corrected chi connectivity index (χ1v) is 6.35. The maximum absolute atomic E-state index is 11.4. The summed E-state index contributed by atoms with van der Waals surface area (Å²) in [5.41, 5.74) is 5.80. The second-order valence-electron chi connectivity index (χ2n) is 4.85. The monoisotopic (exact) mass is 243 g/mol. The van der Waals surface area contributed by atoms with Crippen molar-refractivity contribution in [2.45, 2.75) is 31.8 Å². The first kappa shape index (κ1) is 14.4. The molecular weight excluding hydrogens is 218 g/mol. The van der Waals surface area contributed by atoms with Gasteiger partial charge < -0.3 is 20.3 Å². The molecule has 0 spiro atoms. The van der Waals surface area contributed by atoms with E-state index in [1.54, 1.807) is 6.92 Å². The maximum atomic E-state index is 11.4. The number of nitrogens with two attached hydrogens (primary N) is 1. The molecule has 2 N–H and O–H groups in total. The molecule has 0 radical (unpaired) electrons. The fraction of sp³-hybridized carbons (Fsp3) is 0.917. The molecule has 5 heteroatoms. The van der Waals surface area contributed by atoms with Crippen LogP contribution in [0.15, 0.2) is 0 Å². The zero-order chi connectivity index (χ0) is 12.8. The molecule has 1 aliphatic heterocycles. The summed E-state index contributed by atoms with van der Waals surface area (Å²) in [4.78, 5) is 15.9. The van der Waals surface area contributed by atoms with Gasteiger partial charge in [0.05, 0.1) is 6.61 Å². The molecule has 100 valence electrons. The lowest BCUT2D eigenvalue weighted by Gasteiger charge is -2.35. The van der Waals surface area contributed by atoms with Crippen LogP contribution in [0.4, 0.5) is 0 Å². The van der Waals surface area contributed by atoms with Crippen LogP contribution < -0.4 is 5.73 Å². The molecule has 0 amide bonds. The SMILES string of the molecule is CCOC(=O)C(N)CN1CCC(N(C)C)CC1. The molecule has 17 heavy (non-hydrogen) atoms. The van der Waals surface area contributed by atoms with Crippen LogP contribution in [0, 0.1) is 0 Å². The highest BCUT2D eigenvalue weighted by Gasteiger charge is 2.24. The van der Waals surface area contributed by atoms with Gasteiger partial charge in [0.25, 0.3) is 0 Å². The van der Waals surface area contributed by atoms with E-state index < -0.39 is 6.04 Å². The van der Waals surface area contributed by atoms with Crippen molar-refractivity contribution in [1.29, 1.82) is 0 Å². The second kappa shape index (κ2) is 6.93. The molecule has 0 aromatic carbocycles. The molecule has 0 saturated carbocycles. The van der Waals surface area contributed by atoms with Crippen molar-refractivity contribution in [2.24, 2.45) is 5.73 Å². The van der Waals surface area contributed by atoms with Gasteiger partial charge in [-0.3, -0.25) is 4.79 Å². The Hall–Kier alpha value is -0.650. The number of rotatable bonds is 5. The van der Waals surface area contributed by atoms with Gasteiger partial charge in [-0.05, 0) is 47.0 Å². The number of esters is 1. The topological polar surface area (TPSA) is 58.8 Å². The summed E-state index contributed by atoms with van der Waals surface area (Å²) in [5, 5.41) is 0. The average Bonchev–Trinajstić information content (AvgIpc) is 2.30. The fourth-order valence-corrected chi connectivity index (χ4v) is 2.22. The van der Waals surface area contributed by atoms with E-state index in [0.717, 1.165) is 25.9 Å². The van der Waals surface area contributed by atoms with Crippen molar-refractivity contribution in [3.05, 3.63) is 0 Å². The van der Waals surface area contributed by atoms with E-state index in [1.807, 2.05) is 0 Å². The standard InChI is InChI=1S/C12H25N3O2/c1-4-17-12(16)11(13)9-15-7-5-10(6-8-15)14(2)3/h10-11H,4-9,13H2,1-3H3. The van der Waals surface area contributed by atoms with Crippen LogP contribution in [0.5, 0.6) is 0 Å². The summed E-state index contributed by atoms with van der Waals surface area (Å²) in [6.07, 6.45) is 2.28. The number of nitrogens with zero attached hydrogens (tertiary/aromatic N) is 2. The number of hydrogen-bond donors (Lipinski definition) is 1. The number of ether oxygens (including phenoxy) is 1. The lowest BCUT2D eigenvalue weighted by molar-refractivity contribution is -0.145. The minimum absolute atomic E-state index is 0.290. The van der Waals surface area contributed by atoms with E-state index in [1.165, 1.54) is 0 Å². The predicted octanol–water partition coefficient (Wildman–Crippen LogP) is -0.0972. The van der Waals surface area contributed by atoms with Gasteiger partial charge in [-0.1, -0.05) is 0 Å². The molecule has 0 aromatic heterocycles. The van der Waals surface area contributed by atoms with Crippen molar-refractivity contribution in [3.63, 3.8) is 0 Å². The van der Waals surface area contributed by atoms with Crippen molar-refractivity contribution >= 4 is 5.97 Å². The van der Waals surface area contributed by atoms with Gasteiger partial charge in [-0.2, -0.15) is 0 Å². The predicted molar refractivity (Wildman–Crippen MR) is 67.8 cm³/mol. The van der Waals surface area contributed by atoms with Gasteiger partial charge in [0.15, 0.2) is 0 Å². The summed E-state index contributed by atoms with van der Waals surface area (Å²) in [6.45, 7) is 4.83. The van der Waals surface area contributed by atoms with Crippen LogP contribution in [0.3, 0.4) is 0 Å². The van der Waals surface area contributed by atoms with Crippen LogP contribution in [-0.2, 0) is 9.53 Å². The lowest BCUT2D eigenvalue weighted by atomic mass is 10.0. The minimum Gasteiger partial charge on any atom is -0.465 e. The van der Waals surface area contributed by atoms with E-state index in [0.29, 0.717) is 19.2 Å². The molecule has 0 bridgehead atoms. The molecule has 1 heterocycles. The lowest BCUT2D eigenvalue weighted by Crippen LogP contribution is -2.48. The molecule has 1 saturated heterocycles. The van der Waals surface area contributed by atoms with Crippen molar-refractivity contribution in [3.8, 4) is 0 Å². The molecule has 1 atom stereocenters. The van der Waals surface area contributed by atoms with E-state index in [4.69, 9.17) is 10.5 Å². The maximum Gasteiger partial charge on any atom is 0.324 e. The van der Waals surface area contributed by atoms with Crippen molar-refractivity contribution in [1.82, 2.24) is 9.80 Å². The minimum atomic E-state index is -0.508. The number of likely N-dealkylation sites (tertiary alicyclic amines) is 1. The molecule has 0 aliphatic carbocycles. The van der Waals surface area contributed by atoms with Crippen LogP contribution >= 0.6 is 0 Å². The first-order valence-electron chi connectivity index (χ1n) is 6.35. The van der Waals surface area contributed by atoms with Gasteiger partial charge in [0, 0.05) is 12.6 Å². The van der Waals surface area contributed by atoms with Crippen molar-refractivity contribution in [2.75, 3.05) is 40.3 Å². The number of carbonyl (C=O) groups excluding carboxylic acids is 1. The highest BCUT2D eigenvalue weighted by molar-refractivity contribution is 5.75. The Morgan fingerprint density at radius 3 is 2.53 bits per heavy atom. The Morgan fingerprint density at radius 1 is 1.47 bits per heavy atom. The van der Waals surface area contributed by atoms with E-state index >= 15 is 0 Å². The summed E-state index contributed by atoms with van der Waals surface area (Å²) in [6, 6.07) is 0.149. The zero-order valence-corrected chi connectivity index (χ0v) is 11.2. The molecule has 1 fully saturated rings. The number of piperidine rings is 1. The molecule has 0 aromatic rings. The first-order chi connectivity index (χ1) is 8.04. The Balaban J connectivity index is 2.28. The van der Waals surface area contributed by atoms with Gasteiger partial charge in [0.1, 0.15) is 6.04 Å². The smallest absolute Gasteiger partial charge is 0.324 e. The quantitative estimate of drug-likeness (QED) is 0.684. The number of hydrogen-bond acceptors (Lipinski definition) is 5. The fourth-order valence-electron chi connectivity index (χ4n) is 2.22. The van der Waals surface area contributed by atoms with Gasteiger partial charge in [-0.15, -0.1) is 0 Å². The summed E-state index contributed by atoms with van der Waals surface area (Å²) >= 11 is 0. The molecular formula is C12H25N3O2. The third kappa shape index (κ3) is 4.61. The summed E-state index contributed by atoms with van der Waals surface area (Å²) in [7, 11) is 4.23. The average molecular weight is 243 g/mol. The molecule has 5 nitrogen and oxygen atoms in total. The van der Waals surface area contributed by atoms with E-state index in [2.05, 4.69) is 23.9 Å².